The predicted molar refractivity (Wildman–Crippen MR) is 84.2 cm³/mol. The van der Waals surface area contributed by atoms with Gasteiger partial charge in [0.25, 0.3) is 0 Å². The van der Waals surface area contributed by atoms with E-state index in [1.54, 1.807) is 36.4 Å². The fourth-order valence-corrected chi connectivity index (χ4v) is 2.96. The molecule has 0 aliphatic rings. The van der Waals surface area contributed by atoms with Gasteiger partial charge in [-0.1, -0.05) is 12.1 Å². The predicted octanol–water partition coefficient (Wildman–Crippen LogP) is 2.36. The van der Waals surface area contributed by atoms with Gasteiger partial charge in [-0.05, 0) is 36.4 Å². The molecule has 0 bridgehead atoms. The second kappa shape index (κ2) is 6.25. The highest BCUT2D eigenvalue weighted by Crippen LogP contribution is 2.22. The number of hydrogen-bond acceptors (Lipinski definition) is 7. The zero-order valence-corrected chi connectivity index (χ0v) is 13.4. The van der Waals surface area contributed by atoms with E-state index in [1.807, 2.05) is 0 Å². The molecule has 0 fully saturated rings. The Morgan fingerprint density at radius 1 is 1.08 bits per heavy atom. The number of aromatic nitrogens is 2. The van der Waals surface area contributed by atoms with Crippen LogP contribution in [0.25, 0.3) is 11.5 Å². The third-order valence-electron chi connectivity index (χ3n) is 3.18. The highest BCUT2D eigenvalue weighted by atomic mass is 32.2. The lowest BCUT2D eigenvalue weighted by Gasteiger charge is -2.08. The first kappa shape index (κ1) is 15.9. The summed E-state index contributed by atoms with van der Waals surface area (Å²) in [6.45, 7) is 0. The van der Waals surface area contributed by atoms with Gasteiger partial charge in [-0.15, -0.1) is 10.2 Å². The van der Waals surface area contributed by atoms with E-state index in [-0.39, 0.29) is 16.2 Å². The molecular weight excluding hydrogens is 332 g/mol. The van der Waals surface area contributed by atoms with Crippen LogP contribution in [0.5, 0.6) is 5.75 Å². The number of benzene rings is 2. The largest absolute Gasteiger partial charge is 0.423 e. The molecule has 2 aromatic carbocycles. The summed E-state index contributed by atoms with van der Waals surface area (Å²) in [5, 5.41) is 7.36. The Kier molecular flexibility index (Phi) is 4.13. The van der Waals surface area contributed by atoms with Gasteiger partial charge in [0.05, 0.1) is 10.5 Å². The Bertz CT molecular complexity index is 964. The quantitative estimate of drug-likeness (QED) is 0.529. The summed E-state index contributed by atoms with van der Waals surface area (Å²) in [7, 11) is -3.54. The van der Waals surface area contributed by atoms with Gasteiger partial charge in [-0.3, -0.25) is 0 Å². The van der Waals surface area contributed by atoms with Crippen LogP contribution in [0.3, 0.4) is 0 Å². The Morgan fingerprint density at radius 3 is 2.42 bits per heavy atom. The van der Waals surface area contributed by atoms with Gasteiger partial charge in [0.15, 0.2) is 9.84 Å². The van der Waals surface area contributed by atoms with E-state index in [9.17, 15) is 13.2 Å². The SMILES string of the molecule is CS(=O)(=O)c1ccccc1C(=O)Oc1ccc(-c2nnco2)cc1. The summed E-state index contributed by atoms with van der Waals surface area (Å²) in [4.78, 5) is 12.2. The van der Waals surface area contributed by atoms with Crippen molar-refractivity contribution >= 4 is 15.8 Å². The van der Waals surface area contributed by atoms with E-state index in [2.05, 4.69) is 10.2 Å². The van der Waals surface area contributed by atoms with Gasteiger partial charge in [-0.25, -0.2) is 13.2 Å². The number of esters is 1. The van der Waals surface area contributed by atoms with Crippen LogP contribution in [0.2, 0.25) is 0 Å². The Balaban J connectivity index is 1.83. The number of ether oxygens (including phenoxy) is 1. The standard InChI is InChI=1S/C16H12N2O5S/c1-24(20,21)14-5-3-2-4-13(14)16(19)23-12-8-6-11(7-9-12)15-18-17-10-22-15/h2-10H,1H3. The molecule has 3 aromatic rings. The summed E-state index contributed by atoms with van der Waals surface area (Å²) in [6.07, 6.45) is 2.25. The van der Waals surface area contributed by atoms with Crippen molar-refractivity contribution in [2.24, 2.45) is 0 Å². The third kappa shape index (κ3) is 3.33. The minimum Gasteiger partial charge on any atom is -0.423 e. The van der Waals surface area contributed by atoms with Crippen molar-refractivity contribution < 1.29 is 22.4 Å². The van der Waals surface area contributed by atoms with Crippen molar-refractivity contribution in [3.63, 3.8) is 0 Å². The monoisotopic (exact) mass is 344 g/mol. The molecule has 0 aliphatic heterocycles. The Labute approximate surface area is 137 Å². The maximum Gasteiger partial charge on any atom is 0.344 e. The van der Waals surface area contributed by atoms with Crippen LogP contribution < -0.4 is 4.74 Å². The summed E-state index contributed by atoms with van der Waals surface area (Å²) in [5.41, 5.74) is 0.657. The van der Waals surface area contributed by atoms with E-state index < -0.39 is 15.8 Å². The molecule has 0 N–H and O–H groups in total. The highest BCUT2D eigenvalue weighted by Gasteiger charge is 2.19. The number of carbonyl (C=O) groups is 1. The van der Waals surface area contributed by atoms with Crippen molar-refractivity contribution in [3.05, 3.63) is 60.5 Å². The zero-order valence-electron chi connectivity index (χ0n) is 12.5. The Morgan fingerprint density at radius 2 is 1.79 bits per heavy atom. The molecule has 0 saturated heterocycles. The maximum absolute atomic E-state index is 12.3. The Hall–Kier alpha value is -3.00. The lowest BCUT2D eigenvalue weighted by Crippen LogP contribution is -2.13. The molecule has 8 heteroatoms. The summed E-state index contributed by atoms with van der Waals surface area (Å²) in [5.74, 6) is -0.136. The van der Waals surface area contributed by atoms with Crippen molar-refractivity contribution in [1.29, 1.82) is 0 Å². The summed E-state index contributed by atoms with van der Waals surface area (Å²) >= 11 is 0. The van der Waals surface area contributed by atoms with Gasteiger partial charge < -0.3 is 9.15 Å². The van der Waals surface area contributed by atoms with Gasteiger partial charge in [-0.2, -0.15) is 0 Å². The van der Waals surface area contributed by atoms with Crippen molar-refractivity contribution in [2.75, 3.05) is 6.26 Å². The molecule has 0 spiro atoms. The molecule has 0 unspecified atom stereocenters. The van der Waals surface area contributed by atoms with E-state index in [4.69, 9.17) is 9.15 Å². The van der Waals surface area contributed by atoms with Gasteiger partial charge in [0.2, 0.25) is 12.3 Å². The first-order valence-electron chi connectivity index (χ1n) is 6.83. The van der Waals surface area contributed by atoms with Gasteiger partial charge >= 0.3 is 5.97 Å². The summed E-state index contributed by atoms with van der Waals surface area (Å²) in [6, 6.07) is 12.3. The molecule has 1 aromatic heterocycles. The van der Waals surface area contributed by atoms with E-state index in [0.717, 1.165) is 6.26 Å². The molecule has 0 radical (unpaired) electrons. The topological polar surface area (TPSA) is 99.4 Å². The summed E-state index contributed by atoms with van der Waals surface area (Å²) < 4.78 is 33.8. The third-order valence-corrected chi connectivity index (χ3v) is 4.33. The second-order valence-electron chi connectivity index (χ2n) is 4.93. The molecule has 1 heterocycles. The van der Waals surface area contributed by atoms with Gasteiger partial charge in [0.1, 0.15) is 5.75 Å². The van der Waals surface area contributed by atoms with Crippen molar-refractivity contribution in [1.82, 2.24) is 10.2 Å². The van der Waals surface area contributed by atoms with Crippen LogP contribution in [0.15, 0.2) is 64.2 Å². The lowest BCUT2D eigenvalue weighted by molar-refractivity contribution is 0.0730. The van der Waals surface area contributed by atoms with E-state index >= 15 is 0 Å². The van der Waals surface area contributed by atoms with E-state index in [0.29, 0.717) is 11.5 Å². The number of sulfone groups is 1. The molecule has 0 aliphatic carbocycles. The average Bonchev–Trinajstić information content (AvgIpc) is 3.09. The average molecular weight is 344 g/mol. The molecular formula is C16H12N2O5S. The number of carbonyl (C=O) groups excluding carboxylic acids is 1. The zero-order chi connectivity index (χ0) is 17.2. The number of rotatable bonds is 4. The fraction of sp³-hybridized carbons (Fsp3) is 0.0625. The van der Waals surface area contributed by atoms with Crippen LogP contribution in [-0.4, -0.2) is 30.8 Å². The first-order valence-corrected chi connectivity index (χ1v) is 8.72. The minimum absolute atomic E-state index is 0.0130. The molecule has 0 saturated carbocycles. The molecule has 7 nitrogen and oxygen atoms in total. The van der Waals surface area contributed by atoms with Crippen molar-refractivity contribution in [2.45, 2.75) is 4.90 Å². The molecule has 0 atom stereocenters. The van der Waals surface area contributed by atoms with Crippen LogP contribution >= 0.6 is 0 Å². The number of hydrogen-bond donors (Lipinski definition) is 0. The normalized spacial score (nSPS) is 11.2. The number of nitrogens with zero attached hydrogens (tertiary/aromatic N) is 2. The second-order valence-corrected chi connectivity index (χ2v) is 6.91. The van der Waals surface area contributed by atoms with Crippen molar-refractivity contribution in [3.8, 4) is 17.2 Å². The first-order chi connectivity index (χ1) is 11.4. The fourth-order valence-electron chi connectivity index (χ4n) is 2.09. The molecule has 3 rings (SSSR count). The van der Waals surface area contributed by atoms with E-state index in [1.165, 1.54) is 18.5 Å². The molecule has 122 valence electrons. The van der Waals surface area contributed by atoms with Crippen LogP contribution in [0, 0.1) is 0 Å². The van der Waals surface area contributed by atoms with Crippen LogP contribution in [-0.2, 0) is 9.84 Å². The van der Waals surface area contributed by atoms with Gasteiger partial charge in [0, 0.05) is 11.8 Å². The molecule has 24 heavy (non-hydrogen) atoms. The maximum atomic E-state index is 12.3. The van der Waals surface area contributed by atoms with Crippen LogP contribution in [0.1, 0.15) is 10.4 Å². The molecule has 0 amide bonds. The van der Waals surface area contributed by atoms with Crippen LogP contribution in [0.4, 0.5) is 0 Å². The minimum atomic E-state index is -3.54. The lowest BCUT2D eigenvalue weighted by atomic mass is 10.2. The smallest absolute Gasteiger partial charge is 0.344 e. The highest BCUT2D eigenvalue weighted by molar-refractivity contribution is 7.90.